The molecule has 38 heavy (non-hydrogen) atoms. The average molecular weight is 533 g/mol. The first-order valence-electron chi connectivity index (χ1n) is 11.7. The van der Waals surface area contributed by atoms with E-state index in [0.29, 0.717) is 5.56 Å². The SMILES string of the molecule is CC(C)C(NC(=O)C(CC(=O)O)NC(=O)C(Cc1c[nH]c2ccccc12)NC(=O)C(N)CC(N)=O)C(=O)O. The molecule has 0 bridgehead atoms. The van der Waals surface area contributed by atoms with Gasteiger partial charge in [0.2, 0.25) is 23.6 Å². The number of carboxylic acid groups (broad SMARTS) is 2. The Balaban J connectivity index is 2.32. The van der Waals surface area contributed by atoms with Crippen LogP contribution in [0.2, 0.25) is 0 Å². The van der Waals surface area contributed by atoms with Crippen LogP contribution in [0.15, 0.2) is 30.5 Å². The van der Waals surface area contributed by atoms with Crippen molar-refractivity contribution in [3.05, 3.63) is 36.0 Å². The minimum absolute atomic E-state index is 0.0873. The van der Waals surface area contributed by atoms with Crippen molar-refractivity contribution >= 4 is 46.5 Å². The Labute approximate surface area is 217 Å². The lowest BCUT2D eigenvalue weighted by atomic mass is 10.0. The molecule has 2 aromatic rings. The number of carbonyl (C=O) groups is 6. The number of aliphatic carboxylic acids is 2. The number of fused-ring (bicyclic) bond motifs is 1. The summed E-state index contributed by atoms with van der Waals surface area (Å²) >= 11 is 0. The van der Waals surface area contributed by atoms with Crippen LogP contribution in [0.5, 0.6) is 0 Å². The van der Waals surface area contributed by atoms with Gasteiger partial charge in [-0.15, -0.1) is 0 Å². The van der Waals surface area contributed by atoms with E-state index < -0.39 is 78.5 Å². The lowest BCUT2D eigenvalue weighted by molar-refractivity contribution is -0.144. The van der Waals surface area contributed by atoms with Crippen molar-refractivity contribution in [2.75, 3.05) is 0 Å². The summed E-state index contributed by atoms with van der Waals surface area (Å²) < 4.78 is 0. The Hall–Kier alpha value is -4.46. The molecule has 0 aliphatic heterocycles. The summed E-state index contributed by atoms with van der Waals surface area (Å²) in [7, 11) is 0. The van der Waals surface area contributed by atoms with Crippen molar-refractivity contribution in [2.45, 2.75) is 57.3 Å². The van der Waals surface area contributed by atoms with Gasteiger partial charge >= 0.3 is 11.9 Å². The van der Waals surface area contributed by atoms with Gasteiger partial charge in [-0.2, -0.15) is 0 Å². The number of benzene rings is 1. The molecule has 0 aliphatic rings. The number of aromatic amines is 1. The molecule has 1 heterocycles. The van der Waals surface area contributed by atoms with E-state index in [1.807, 2.05) is 0 Å². The van der Waals surface area contributed by atoms with Crippen LogP contribution in [0.3, 0.4) is 0 Å². The summed E-state index contributed by atoms with van der Waals surface area (Å²) in [6.07, 6.45) is 0.206. The highest BCUT2D eigenvalue weighted by Gasteiger charge is 2.33. The number of amides is 4. The second-order valence-corrected chi connectivity index (χ2v) is 9.13. The van der Waals surface area contributed by atoms with Crippen molar-refractivity contribution < 1.29 is 39.0 Å². The van der Waals surface area contributed by atoms with E-state index in [1.165, 1.54) is 0 Å². The lowest BCUT2D eigenvalue weighted by Crippen LogP contribution is -2.58. The number of carbonyl (C=O) groups excluding carboxylic acids is 4. The van der Waals surface area contributed by atoms with Gasteiger partial charge in [0.05, 0.1) is 18.9 Å². The Morgan fingerprint density at radius 2 is 1.50 bits per heavy atom. The van der Waals surface area contributed by atoms with Crippen molar-refractivity contribution in [1.29, 1.82) is 0 Å². The van der Waals surface area contributed by atoms with Crippen LogP contribution in [-0.2, 0) is 35.2 Å². The molecular weight excluding hydrogens is 500 g/mol. The molecule has 0 fully saturated rings. The highest BCUT2D eigenvalue weighted by Crippen LogP contribution is 2.19. The van der Waals surface area contributed by atoms with Crippen LogP contribution in [0, 0.1) is 5.92 Å². The van der Waals surface area contributed by atoms with Gasteiger partial charge in [0.1, 0.15) is 18.1 Å². The number of nitrogens with two attached hydrogens (primary N) is 2. The third-order valence-electron chi connectivity index (χ3n) is 5.73. The van der Waals surface area contributed by atoms with Gasteiger partial charge in [0.15, 0.2) is 0 Å². The molecule has 4 amide bonds. The fourth-order valence-corrected chi connectivity index (χ4v) is 3.74. The number of hydrogen-bond acceptors (Lipinski definition) is 7. The van der Waals surface area contributed by atoms with Crippen LogP contribution in [-0.4, -0.2) is 74.9 Å². The first-order valence-corrected chi connectivity index (χ1v) is 11.7. The molecule has 1 aromatic heterocycles. The maximum atomic E-state index is 13.3. The number of nitrogens with one attached hydrogen (secondary N) is 4. The Morgan fingerprint density at radius 1 is 0.895 bits per heavy atom. The molecule has 10 N–H and O–H groups in total. The van der Waals surface area contributed by atoms with E-state index >= 15 is 0 Å². The van der Waals surface area contributed by atoms with Gasteiger partial charge in [-0.1, -0.05) is 32.0 Å². The fraction of sp³-hybridized carbons (Fsp3) is 0.417. The normalized spacial score (nSPS) is 14.2. The number of primary amides is 1. The fourth-order valence-electron chi connectivity index (χ4n) is 3.74. The van der Waals surface area contributed by atoms with Gasteiger partial charge in [-0.25, -0.2) is 4.79 Å². The molecule has 2 rings (SSSR count). The molecule has 0 saturated heterocycles. The summed E-state index contributed by atoms with van der Waals surface area (Å²) in [5.41, 5.74) is 12.2. The Morgan fingerprint density at radius 3 is 2.08 bits per heavy atom. The maximum absolute atomic E-state index is 13.3. The first-order chi connectivity index (χ1) is 17.8. The number of rotatable bonds is 14. The molecule has 4 atom stereocenters. The highest BCUT2D eigenvalue weighted by molar-refractivity contribution is 5.96. The molecule has 0 aliphatic carbocycles. The number of H-pyrrole nitrogens is 1. The quantitative estimate of drug-likeness (QED) is 0.142. The third-order valence-corrected chi connectivity index (χ3v) is 5.73. The molecular formula is C24H32N6O8. The zero-order chi connectivity index (χ0) is 28.6. The van der Waals surface area contributed by atoms with Gasteiger partial charge < -0.3 is 42.6 Å². The molecule has 0 spiro atoms. The monoisotopic (exact) mass is 532 g/mol. The Kier molecular flexibility index (Phi) is 10.3. The zero-order valence-corrected chi connectivity index (χ0v) is 20.9. The largest absolute Gasteiger partial charge is 0.481 e. The molecule has 14 heteroatoms. The van der Waals surface area contributed by atoms with Crippen LogP contribution in [0.1, 0.15) is 32.3 Å². The smallest absolute Gasteiger partial charge is 0.326 e. The van der Waals surface area contributed by atoms with Crippen molar-refractivity contribution in [2.24, 2.45) is 17.4 Å². The molecule has 1 aromatic carbocycles. The minimum atomic E-state index is -1.65. The van der Waals surface area contributed by atoms with Gasteiger partial charge in [0, 0.05) is 23.5 Å². The molecule has 4 unspecified atom stereocenters. The number of para-hydroxylation sites is 1. The van der Waals surface area contributed by atoms with Gasteiger partial charge in [0.25, 0.3) is 0 Å². The standard InChI is InChI=1S/C24H32N6O8/c1-11(2)20(24(37)38)30-23(36)17(9-19(32)33)29-22(35)16(28-21(34)14(25)8-18(26)31)7-12-10-27-15-6-4-3-5-13(12)15/h3-6,10-11,14,16-17,20,27H,7-9,25H2,1-2H3,(H2,26,31)(H,28,34)(H,29,35)(H,30,36)(H,32,33)(H,37,38). The number of hydrogen-bond donors (Lipinski definition) is 8. The lowest BCUT2D eigenvalue weighted by Gasteiger charge is -2.25. The summed E-state index contributed by atoms with van der Waals surface area (Å²) in [5, 5.41) is 26.4. The summed E-state index contributed by atoms with van der Waals surface area (Å²) in [6.45, 7) is 3.10. The third kappa shape index (κ3) is 8.30. The van der Waals surface area contributed by atoms with E-state index in [2.05, 4.69) is 20.9 Å². The topological polar surface area (TPSA) is 247 Å². The summed E-state index contributed by atoms with van der Waals surface area (Å²) in [4.78, 5) is 75.8. The summed E-state index contributed by atoms with van der Waals surface area (Å²) in [6, 6.07) is 1.49. The highest BCUT2D eigenvalue weighted by atomic mass is 16.4. The molecule has 206 valence electrons. The predicted molar refractivity (Wildman–Crippen MR) is 134 cm³/mol. The van der Waals surface area contributed by atoms with Crippen molar-refractivity contribution in [1.82, 2.24) is 20.9 Å². The number of carboxylic acids is 2. The molecule has 14 nitrogen and oxygen atoms in total. The predicted octanol–water partition coefficient (Wildman–Crippen LogP) is -1.42. The second kappa shape index (κ2) is 13.2. The molecule has 0 saturated carbocycles. The maximum Gasteiger partial charge on any atom is 0.326 e. The second-order valence-electron chi connectivity index (χ2n) is 9.13. The first kappa shape index (κ1) is 29.8. The van der Waals surface area contributed by atoms with Crippen LogP contribution in [0.25, 0.3) is 10.9 Å². The minimum Gasteiger partial charge on any atom is -0.481 e. The molecule has 0 radical (unpaired) electrons. The average Bonchev–Trinajstić information content (AvgIpc) is 3.23. The van der Waals surface area contributed by atoms with E-state index in [4.69, 9.17) is 11.5 Å². The van der Waals surface area contributed by atoms with Crippen LogP contribution < -0.4 is 27.4 Å². The van der Waals surface area contributed by atoms with E-state index in [9.17, 15) is 39.0 Å². The number of aromatic nitrogens is 1. The van der Waals surface area contributed by atoms with Crippen molar-refractivity contribution in [3.63, 3.8) is 0 Å². The van der Waals surface area contributed by atoms with E-state index in [0.717, 1.165) is 10.9 Å². The van der Waals surface area contributed by atoms with E-state index in [-0.39, 0.29) is 6.42 Å². The van der Waals surface area contributed by atoms with Gasteiger partial charge in [-0.05, 0) is 17.5 Å². The summed E-state index contributed by atoms with van der Waals surface area (Å²) in [5.74, 6) is -6.94. The Bertz CT molecular complexity index is 1210. The van der Waals surface area contributed by atoms with Crippen molar-refractivity contribution in [3.8, 4) is 0 Å². The van der Waals surface area contributed by atoms with Gasteiger partial charge in [-0.3, -0.25) is 24.0 Å². The van der Waals surface area contributed by atoms with E-state index in [1.54, 1.807) is 44.3 Å². The van der Waals surface area contributed by atoms with Crippen LogP contribution in [0.4, 0.5) is 0 Å². The van der Waals surface area contributed by atoms with Crippen LogP contribution >= 0.6 is 0 Å². The zero-order valence-electron chi connectivity index (χ0n) is 20.9.